The topological polar surface area (TPSA) is 83.5 Å². The van der Waals surface area contributed by atoms with Gasteiger partial charge in [-0.15, -0.1) is 0 Å². The SMILES string of the molecule is CCCCCCCCCCCCCCCCCC(=O)O.CCCCOCCOCCOCc1cc2c(cc1CCC)OCO2. The average molecular weight is 623 g/mol. The number of carboxylic acid groups (broad SMARTS) is 1. The smallest absolute Gasteiger partial charge is 0.303 e. The van der Waals surface area contributed by atoms with Crippen LogP contribution in [0.15, 0.2) is 12.1 Å². The number of ether oxygens (including phenoxy) is 5. The number of benzene rings is 1. The van der Waals surface area contributed by atoms with Crippen molar-refractivity contribution in [3.8, 4) is 11.5 Å². The van der Waals surface area contributed by atoms with Gasteiger partial charge in [-0.25, -0.2) is 0 Å². The fourth-order valence-electron chi connectivity index (χ4n) is 5.18. The van der Waals surface area contributed by atoms with Crippen molar-refractivity contribution >= 4 is 5.97 Å². The van der Waals surface area contributed by atoms with Crippen LogP contribution in [0, 0.1) is 0 Å². The van der Waals surface area contributed by atoms with Crippen molar-refractivity contribution in [3.63, 3.8) is 0 Å². The monoisotopic (exact) mass is 622 g/mol. The molecule has 0 saturated heterocycles. The molecular weight excluding hydrogens is 556 g/mol. The zero-order valence-corrected chi connectivity index (χ0v) is 28.6. The van der Waals surface area contributed by atoms with Crippen molar-refractivity contribution in [1.29, 1.82) is 0 Å². The Bertz CT molecular complexity index is 798. The Balaban J connectivity index is 0.000000449. The second-order valence-electron chi connectivity index (χ2n) is 11.9. The number of hydrogen-bond acceptors (Lipinski definition) is 6. The highest BCUT2D eigenvalue weighted by molar-refractivity contribution is 5.66. The summed E-state index contributed by atoms with van der Waals surface area (Å²) in [7, 11) is 0. The summed E-state index contributed by atoms with van der Waals surface area (Å²) in [6.45, 7) is 10.7. The number of rotatable bonds is 29. The van der Waals surface area contributed by atoms with Crippen LogP contribution in [0.25, 0.3) is 0 Å². The van der Waals surface area contributed by atoms with Crippen LogP contribution < -0.4 is 9.47 Å². The molecule has 0 fully saturated rings. The highest BCUT2D eigenvalue weighted by Gasteiger charge is 2.17. The van der Waals surface area contributed by atoms with Crippen LogP contribution in [0.1, 0.15) is 154 Å². The Morgan fingerprint density at radius 2 is 1.05 bits per heavy atom. The van der Waals surface area contributed by atoms with E-state index >= 15 is 0 Å². The fourth-order valence-corrected chi connectivity index (χ4v) is 5.18. The van der Waals surface area contributed by atoms with Crippen molar-refractivity contribution in [2.45, 2.75) is 156 Å². The van der Waals surface area contributed by atoms with Crippen LogP contribution in [0.2, 0.25) is 0 Å². The molecule has 7 nitrogen and oxygen atoms in total. The van der Waals surface area contributed by atoms with Crippen LogP contribution in [0.3, 0.4) is 0 Å². The van der Waals surface area contributed by atoms with E-state index in [0.29, 0.717) is 46.2 Å². The van der Waals surface area contributed by atoms with Gasteiger partial charge in [0.25, 0.3) is 0 Å². The third-order valence-corrected chi connectivity index (χ3v) is 7.85. The molecule has 7 heteroatoms. The molecule has 0 saturated carbocycles. The lowest BCUT2D eigenvalue weighted by Crippen LogP contribution is -2.10. The van der Waals surface area contributed by atoms with Crippen molar-refractivity contribution in [1.82, 2.24) is 0 Å². The molecule has 1 heterocycles. The Kier molecular flexibility index (Phi) is 27.3. The third kappa shape index (κ3) is 22.6. The molecule has 1 N–H and O–H groups in total. The van der Waals surface area contributed by atoms with E-state index in [-0.39, 0.29) is 0 Å². The van der Waals surface area contributed by atoms with Gasteiger partial charge in [0.2, 0.25) is 6.79 Å². The van der Waals surface area contributed by atoms with E-state index < -0.39 is 5.97 Å². The highest BCUT2D eigenvalue weighted by atomic mass is 16.7. The second-order valence-corrected chi connectivity index (χ2v) is 11.9. The minimum atomic E-state index is -0.653. The van der Waals surface area contributed by atoms with Gasteiger partial charge in [-0.3, -0.25) is 4.79 Å². The normalized spacial score (nSPS) is 11.9. The molecule has 1 aromatic rings. The first kappa shape index (κ1) is 40.2. The number of hydrogen-bond donors (Lipinski definition) is 1. The molecule has 1 aliphatic rings. The molecule has 0 aromatic heterocycles. The zero-order chi connectivity index (χ0) is 31.9. The molecule has 256 valence electrons. The summed E-state index contributed by atoms with van der Waals surface area (Å²) in [5.74, 6) is 1.00. The maximum absolute atomic E-state index is 10.3. The Morgan fingerprint density at radius 1 is 0.591 bits per heavy atom. The first-order chi connectivity index (χ1) is 21.6. The van der Waals surface area contributed by atoms with E-state index in [0.717, 1.165) is 56.6 Å². The number of aliphatic carboxylic acids is 1. The molecular formula is C37H66O7. The molecule has 1 aliphatic heterocycles. The molecule has 0 amide bonds. The van der Waals surface area contributed by atoms with Gasteiger partial charge in [-0.05, 0) is 42.5 Å². The molecule has 0 bridgehead atoms. The van der Waals surface area contributed by atoms with E-state index in [1.165, 1.54) is 94.6 Å². The lowest BCUT2D eigenvalue weighted by Gasteiger charge is -2.11. The third-order valence-electron chi connectivity index (χ3n) is 7.85. The van der Waals surface area contributed by atoms with E-state index in [2.05, 4.69) is 26.8 Å². The first-order valence-electron chi connectivity index (χ1n) is 18.0. The summed E-state index contributed by atoms with van der Waals surface area (Å²) in [5, 5.41) is 8.52. The van der Waals surface area contributed by atoms with Gasteiger partial charge in [0.05, 0.1) is 33.0 Å². The molecule has 0 unspecified atom stereocenters. The number of fused-ring (bicyclic) bond motifs is 1. The second kappa shape index (κ2) is 29.9. The number of unbranched alkanes of at least 4 members (excludes halogenated alkanes) is 15. The molecule has 1 aromatic carbocycles. The Hall–Kier alpha value is -1.83. The maximum Gasteiger partial charge on any atom is 0.303 e. The number of aryl methyl sites for hydroxylation is 1. The average Bonchev–Trinajstić information content (AvgIpc) is 3.47. The molecule has 0 spiro atoms. The number of carbonyl (C=O) groups is 1. The minimum Gasteiger partial charge on any atom is -0.481 e. The minimum absolute atomic E-state index is 0.305. The lowest BCUT2D eigenvalue weighted by molar-refractivity contribution is -0.137. The summed E-state index contributed by atoms with van der Waals surface area (Å²) in [6.07, 6.45) is 24.6. The predicted octanol–water partition coefficient (Wildman–Crippen LogP) is 10.1. The number of carboxylic acids is 1. The largest absolute Gasteiger partial charge is 0.481 e. The van der Waals surface area contributed by atoms with Crippen LogP contribution >= 0.6 is 0 Å². The Morgan fingerprint density at radius 3 is 1.55 bits per heavy atom. The summed E-state index contributed by atoms with van der Waals surface area (Å²) in [5.41, 5.74) is 2.44. The summed E-state index contributed by atoms with van der Waals surface area (Å²) >= 11 is 0. The van der Waals surface area contributed by atoms with Crippen molar-refractivity contribution in [3.05, 3.63) is 23.3 Å². The van der Waals surface area contributed by atoms with Crippen molar-refractivity contribution in [2.24, 2.45) is 0 Å². The zero-order valence-electron chi connectivity index (χ0n) is 28.6. The van der Waals surface area contributed by atoms with Crippen LogP contribution in [-0.4, -0.2) is 50.9 Å². The lowest BCUT2D eigenvalue weighted by atomic mass is 10.0. The summed E-state index contributed by atoms with van der Waals surface area (Å²) in [4.78, 5) is 10.3. The van der Waals surface area contributed by atoms with Crippen molar-refractivity contribution < 1.29 is 33.6 Å². The van der Waals surface area contributed by atoms with Gasteiger partial charge in [0, 0.05) is 13.0 Å². The molecule has 2 rings (SSSR count). The van der Waals surface area contributed by atoms with Gasteiger partial charge in [-0.1, -0.05) is 124 Å². The van der Waals surface area contributed by atoms with E-state index in [4.69, 9.17) is 28.8 Å². The quantitative estimate of drug-likeness (QED) is 0.0890. The van der Waals surface area contributed by atoms with Crippen LogP contribution in [0.5, 0.6) is 11.5 Å². The molecule has 0 aliphatic carbocycles. The molecule has 44 heavy (non-hydrogen) atoms. The fraction of sp³-hybridized carbons (Fsp3) is 0.811. The van der Waals surface area contributed by atoms with Gasteiger partial charge in [-0.2, -0.15) is 0 Å². The highest BCUT2D eigenvalue weighted by Crippen LogP contribution is 2.35. The molecule has 0 radical (unpaired) electrons. The van der Waals surface area contributed by atoms with Gasteiger partial charge < -0.3 is 28.8 Å². The van der Waals surface area contributed by atoms with Crippen molar-refractivity contribution in [2.75, 3.05) is 39.8 Å². The van der Waals surface area contributed by atoms with Crippen LogP contribution in [0.4, 0.5) is 0 Å². The van der Waals surface area contributed by atoms with E-state index in [9.17, 15) is 4.79 Å². The standard InChI is InChI=1S/C19H30O5.C18H36O2/c1-3-5-7-20-8-9-21-10-11-22-14-17-13-19-18(23-15-24-19)12-16(17)6-4-2;1-2-3-4-5-6-7-8-9-10-11-12-13-14-15-16-17-18(19)20/h12-13H,3-11,14-15H2,1-2H3;2-17H2,1H3,(H,19,20). The maximum atomic E-state index is 10.3. The Labute approximate surface area is 269 Å². The summed E-state index contributed by atoms with van der Waals surface area (Å²) in [6, 6.07) is 4.12. The van der Waals surface area contributed by atoms with E-state index in [1.807, 2.05) is 6.07 Å². The summed E-state index contributed by atoms with van der Waals surface area (Å²) < 4.78 is 27.6. The van der Waals surface area contributed by atoms with Crippen LogP contribution in [-0.2, 0) is 32.0 Å². The molecule has 0 atom stereocenters. The van der Waals surface area contributed by atoms with Gasteiger partial charge in [0.15, 0.2) is 11.5 Å². The predicted molar refractivity (Wildman–Crippen MR) is 180 cm³/mol. The first-order valence-corrected chi connectivity index (χ1v) is 18.0. The van der Waals surface area contributed by atoms with E-state index in [1.54, 1.807) is 0 Å². The van der Waals surface area contributed by atoms with Gasteiger partial charge in [0.1, 0.15) is 0 Å². The van der Waals surface area contributed by atoms with Gasteiger partial charge >= 0.3 is 5.97 Å².